The first-order chi connectivity index (χ1) is 15.0. The molecule has 31 heavy (non-hydrogen) atoms. The van der Waals surface area contributed by atoms with Crippen LogP contribution in [-0.4, -0.2) is 51.8 Å². The van der Waals surface area contributed by atoms with Crippen molar-refractivity contribution in [2.45, 2.75) is 44.2 Å². The molecule has 2 aromatic rings. The van der Waals surface area contributed by atoms with E-state index in [0.29, 0.717) is 6.42 Å². The molecule has 0 saturated heterocycles. The first-order valence-electron chi connectivity index (χ1n) is 10.4. The smallest absolute Gasteiger partial charge is 0.255 e. The molecule has 2 amide bonds. The van der Waals surface area contributed by atoms with Crippen molar-refractivity contribution in [2.24, 2.45) is 0 Å². The lowest BCUT2D eigenvalue weighted by Gasteiger charge is -2.27. The Labute approximate surface area is 182 Å². The maximum atomic E-state index is 13.0. The zero-order valence-electron chi connectivity index (χ0n) is 17.3. The summed E-state index contributed by atoms with van der Waals surface area (Å²) in [6, 6.07) is 18.7. The van der Waals surface area contributed by atoms with Crippen molar-refractivity contribution in [3.8, 4) is 0 Å². The van der Waals surface area contributed by atoms with Crippen molar-refractivity contribution in [2.75, 3.05) is 6.54 Å². The Morgan fingerprint density at radius 3 is 2.06 bits per heavy atom. The molecule has 0 saturated carbocycles. The van der Waals surface area contributed by atoms with Crippen LogP contribution in [0.25, 0.3) is 0 Å². The van der Waals surface area contributed by atoms with Crippen LogP contribution in [0.5, 0.6) is 0 Å². The van der Waals surface area contributed by atoms with Gasteiger partial charge in [0, 0.05) is 32.5 Å². The number of benzene rings is 2. The minimum atomic E-state index is -1.86. The summed E-state index contributed by atoms with van der Waals surface area (Å²) in [4.78, 5) is 26.7. The molecule has 164 valence electrons. The van der Waals surface area contributed by atoms with Crippen LogP contribution in [0.3, 0.4) is 0 Å². The molecule has 3 N–H and O–H groups in total. The minimum Gasteiger partial charge on any atom is -0.498 e. The van der Waals surface area contributed by atoms with Gasteiger partial charge in [-0.1, -0.05) is 60.7 Å². The van der Waals surface area contributed by atoms with Crippen molar-refractivity contribution in [1.29, 1.82) is 0 Å². The molecule has 3 atom stereocenters. The van der Waals surface area contributed by atoms with Gasteiger partial charge in [0.1, 0.15) is 6.10 Å². The zero-order valence-corrected chi connectivity index (χ0v) is 17.3. The number of aliphatic hydroxyl groups excluding tert-OH is 2. The second kappa shape index (κ2) is 11.3. The van der Waals surface area contributed by atoms with E-state index in [1.165, 1.54) is 4.90 Å². The lowest BCUT2D eigenvalue weighted by molar-refractivity contribution is -0.154. The molecule has 0 fully saturated rings. The maximum absolute atomic E-state index is 13.0. The van der Waals surface area contributed by atoms with E-state index >= 15 is 0 Å². The standard InChI is InChI=1S/C24H28N2O5/c27-21(23(29)25-14-13-20-12-7-15-31-20)22(28)24(30)26(16-18-8-3-1-4-9-18)17-19-10-5-2-6-11-19/h1-11,15,20-22,27-28H,12-14,16-17H2,(H,25,29)/t20?,21-,22-/m1/s1. The molecule has 0 aliphatic carbocycles. The highest BCUT2D eigenvalue weighted by molar-refractivity contribution is 5.90. The number of nitrogens with zero attached hydrogens (tertiary/aromatic N) is 1. The van der Waals surface area contributed by atoms with Gasteiger partial charge in [-0.2, -0.15) is 0 Å². The van der Waals surface area contributed by atoms with E-state index in [1.807, 2.05) is 66.7 Å². The van der Waals surface area contributed by atoms with Crippen molar-refractivity contribution >= 4 is 11.8 Å². The Morgan fingerprint density at radius 1 is 0.968 bits per heavy atom. The average Bonchev–Trinajstić information content (AvgIpc) is 3.32. The fraction of sp³-hybridized carbons (Fsp3) is 0.333. The maximum Gasteiger partial charge on any atom is 0.255 e. The number of carbonyl (C=O) groups is 2. The highest BCUT2D eigenvalue weighted by Crippen LogP contribution is 2.14. The van der Waals surface area contributed by atoms with Crippen LogP contribution >= 0.6 is 0 Å². The van der Waals surface area contributed by atoms with Gasteiger partial charge in [0.05, 0.1) is 6.26 Å². The second-order valence-electron chi connectivity index (χ2n) is 7.50. The van der Waals surface area contributed by atoms with E-state index in [2.05, 4.69) is 5.32 Å². The van der Waals surface area contributed by atoms with Crippen LogP contribution in [0.2, 0.25) is 0 Å². The van der Waals surface area contributed by atoms with Gasteiger partial charge in [-0.25, -0.2) is 0 Å². The second-order valence-corrected chi connectivity index (χ2v) is 7.50. The number of aliphatic hydroxyl groups is 2. The molecule has 0 spiro atoms. The van der Waals surface area contributed by atoms with Crippen LogP contribution in [-0.2, 0) is 27.4 Å². The molecule has 3 rings (SSSR count). The number of carbonyl (C=O) groups excluding carboxylic acids is 2. The van der Waals surface area contributed by atoms with Crippen LogP contribution in [0.4, 0.5) is 0 Å². The van der Waals surface area contributed by atoms with Gasteiger partial charge in [-0.3, -0.25) is 9.59 Å². The number of nitrogens with one attached hydrogen (secondary N) is 1. The molecular formula is C24H28N2O5. The lowest BCUT2D eigenvalue weighted by Crippen LogP contribution is -2.50. The molecule has 7 heteroatoms. The quantitative estimate of drug-likeness (QED) is 0.540. The van der Waals surface area contributed by atoms with Crippen molar-refractivity contribution < 1.29 is 24.5 Å². The van der Waals surface area contributed by atoms with E-state index in [-0.39, 0.29) is 25.7 Å². The fourth-order valence-electron chi connectivity index (χ4n) is 3.36. The third-order valence-electron chi connectivity index (χ3n) is 5.10. The van der Waals surface area contributed by atoms with E-state index in [1.54, 1.807) is 6.26 Å². The first kappa shape index (κ1) is 22.5. The van der Waals surface area contributed by atoms with Crippen molar-refractivity contribution in [3.63, 3.8) is 0 Å². The monoisotopic (exact) mass is 424 g/mol. The molecule has 2 aromatic carbocycles. The predicted octanol–water partition coefficient (Wildman–Crippen LogP) is 1.75. The Hall–Kier alpha value is -3.16. The predicted molar refractivity (Wildman–Crippen MR) is 115 cm³/mol. The number of hydrogen-bond acceptors (Lipinski definition) is 5. The first-order valence-corrected chi connectivity index (χ1v) is 10.4. The van der Waals surface area contributed by atoms with Crippen molar-refractivity contribution in [1.82, 2.24) is 10.2 Å². The van der Waals surface area contributed by atoms with Crippen LogP contribution in [0.1, 0.15) is 24.0 Å². The van der Waals surface area contributed by atoms with E-state index in [0.717, 1.165) is 17.5 Å². The van der Waals surface area contributed by atoms with Crippen LogP contribution < -0.4 is 5.32 Å². The number of amides is 2. The Bertz CT molecular complexity index is 823. The third kappa shape index (κ3) is 6.67. The Balaban J connectivity index is 1.61. The minimum absolute atomic E-state index is 0.00349. The SMILES string of the molecule is O=C(NCCC1CC=CO1)[C@H](O)[C@@H](O)C(=O)N(Cc1ccccc1)Cc1ccccc1. The van der Waals surface area contributed by atoms with Gasteiger partial charge in [-0.15, -0.1) is 0 Å². The number of hydrogen-bond donors (Lipinski definition) is 3. The summed E-state index contributed by atoms with van der Waals surface area (Å²) in [7, 11) is 0. The molecule has 0 aromatic heterocycles. The van der Waals surface area contributed by atoms with Crippen LogP contribution in [0.15, 0.2) is 73.0 Å². The normalized spacial score (nSPS) is 16.9. The molecule has 1 heterocycles. The Morgan fingerprint density at radius 2 is 1.55 bits per heavy atom. The fourth-order valence-corrected chi connectivity index (χ4v) is 3.36. The molecular weight excluding hydrogens is 396 g/mol. The molecule has 1 aliphatic heterocycles. The third-order valence-corrected chi connectivity index (χ3v) is 5.10. The molecule has 1 aliphatic rings. The van der Waals surface area contributed by atoms with E-state index in [9.17, 15) is 19.8 Å². The van der Waals surface area contributed by atoms with E-state index < -0.39 is 24.0 Å². The topological polar surface area (TPSA) is 99.1 Å². The summed E-state index contributed by atoms with van der Waals surface area (Å²) in [5, 5.41) is 23.3. The summed E-state index contributed by atoms with van der Waals surface area (Å²) in [5.41, 5.74) is 1.76. The van der Waals surface area contributed by atoms with Crippen LogP contribution in [0, 0.1) is 0 Å². The number of ether oxygens (including phenoxy) is 1. The highest BCUT2D eigenvalue weighted by Gasteiger charge is 2.33. The summed E-state index contributed by atoms with van der Waals surface area (Å²) in [6.45, 7) is 0.763. The number of rotatable bonds is 10. The van der Waals surface area contributed by atoms with Crippen molar-refractivity contribution in [3.05, 3.63) is 84.1 Å². The van der Waals surface area contributed by atoms with Gasteiger partial charge in [0.2, 0.25) is 0 Å². The van der Waals surface area contributed by atoms with Gasteiger partial charge >= 0.3 is 0 Å². The summed E-state index contributed by atoms with van der Waals surface area (Å²) in [6.07, 6.45) is 1.14. The molecule has 1 unspecified atom stereocenters. The lowest BCUT2D eigenvalue weighted by atomic mass is 10.1. The van der Waals surface area contributed by atoms with E-state index in [4.69, 9.17) is 4.74 Å². The summed E-state index contributed by atoms with van der Waals surface area (Å²) < 4.78 is 5.32. The Kier molecular flexibility index (Phi) is 8.20. The molecule has 0 bridgehead atoms. The van der Waals surface area contributed by atoms with Gasteiger partial charge in [0.15, 0.2) is 12.2 Å². The van der Waals surface area contributed by atoms with Gasteiger partial charge in [-0.05, 0) is 17.2 Å². The van der Waals surface area contributed by atoms with Gasteiger partial charge < -0.3 is 25.2 Å². The molecule has 7 nitrogen and oxygen atoms in total. The zero-order chi connectivity index (χ0) is 22.1. The van der Waals surface area contributed by atoms with Gasteiger partial charge in [0.25, 0.3) is 11.8 Å². The average molecular weight is 424 g/mol. The highest BCUT2D eigenvalue weighted by atomic mass is 16.5. The summed E-state index contributed by atoms with van der Waals surface area (Å²) in [5.74, 6) is -1.50. The molecule has 0 radical (unpaired) electrons. The largest absolute Gasteiger partial charge is 0.498 e. The summed E-state index contributed by atoms with van der Waals surface area (Å²) >= 11 is 0.